The number of carbonyl (C=O) groups is 1. The molecule has 5 nitrogen and oxygen atoms in total. The molecule has 0 spiro atoms. The largest absolute Gasteiger partial charge is 0.335 e. The summed E-state index contributed by atoms with van der Waals surface area (Å²) in [6, 6.07) is 21.8. The maximum absolute atomic E-state index is 13.5. The lowest BCUT2D eigenvalue weighted by molar-refractivity contribution is 0.0736. The normalized spacial score (nSPS) is 16.3. The summed E-state index contributed by atoms with van der Waals surface area (Å²) < 4.78 is 41.7. The quantitative estimate of drug-likeness (QED) is 0.586. The predicted octanol–water partition coefficient (Wildman–Crippen LogP) is 4.15. The first-order chi connectivity index (χ1) is 15.4. The SMILES string of the molecule is O=C(c1cccc(S(=O)(=O)NCc2ccccc2)c1)N1CCCC1Cc1cccc(F)c1. The highest BCUT2D eigenvalue weighted by molar-refractivity contribution is 7.89. The van der Waals surface area contributed by atoms with Crippen molar-refractivity contribution in [2.45, 2.75) is 36.7 Å². The van der Waals surface area contributed by atoms with E-state index in [9.17, 15) is 17.6 Å². The molecule has 1 unspecified atom stereocenters. The molecule has 1 atom stereocenters. The van der Waals surface area contributed by atoms with Gasteiger partial charge in [0.1, 0.15) is 5.82 Å². The summed E-state index contributed by atoms with van der Waals surface area (Å²) in [5.41, 5.74) is 2.02. The maximum Gasteiger partial charge on any atom is 0.254 e. The van der Waals surface area contributed by atoms with E-state index in [-0.39, 0.29) is 29.2 Å². The Hall–Kier alpha value is -3.03. The van der Waals surface area contributed by atoms with Crippen molar-refractivity contribution in [1.29, 1.82) is 0 Å². The van der Waals surface area contributed by atoms with Crippen molar-refractivity contribution in [3.63, 3.8) is 0 Å². The van der Waals surface area contributed by atoms with E-state index in [0.717, 1.165) is 24.0 Å². The van der Waals surface area contributed by atoms with Crippen LogP contribution in [-0.2, 0) is 23.0 Å². The second-order valence-corrected chi connectivity index (χ2v) is 9.73. The molecule has 1 N–H and O–H groups in total. The number of rotatable bonds is 7. The molecular weight excluding hydrogens is 427 g/mol. The number of hydrogen-bond donors (Lipinski definition) is 1. The average Bonchev–Trinajstić information content (AvgIpc) is 3.26. The molecule has 0 aliphatic carbocycles. The van der Waals surface area contributed by atoms with Crippen LogP contribution in [0.15, 0.2) is 83.8 Å². The van der Waals surface area contributed by atoms with E-state index in [0.29, 0.717) is 18.5 Å². The van der Waals surface area contributed by atoms with Gasteiger partial charge >= 0.3 is 0 Å². The van der Waals surface area contributed by atoms with Crippen molar-refractivity contribution in [2.75, 3.05) is 6.54 Å². The van der Waals surface area contributed by atoms with E-state index in [1.807, 2.05) is 36.4 Å². The summed E-state index contributed by atoms with van der Waals surface area (Å²) in [6.07, 6.45) is 2.27. The van der Waals surface area contributed by atoms with Gasteiger partial charge in [0.05, 0.1) is 4.90 Å². The Labute approximate surface area is 187 Å². The Morgan fingerprint density at radius 1 is 0.969 bits per heavy atom. The third kappa shape index (κ3) is 5.23. The number of hydrogen-bond acceptors (Lipinski definition) is 3. The fourth-order valence-electron chi connectivity index (χ4n) is 4.07. The van der Waals surface area contributed by atoms with Gasteiger partial charge in [0.15, 0.2) is 0 Å². The van der Waals surface area contributed by atoms with E-state index in [2.05, 4.69) is 4.72 Å². The molecule has 7 heteroatoms. The zero-order valence-electron chi connectivity index (χ0n) is 17.6. The zero-order valence-corrected chi connectivity index (χ0v) is 18.4. The first-order valence-corrected chi connectivity index (χ1v) is 12.1. The standard InChI is InChI=1S/C25H25FN2O3S/c26-22-11-4-9-20(15-22)16-23-12-6-14-28(23)25(29)21-10-5-13-24(17-21)32(30,31)27-18-19-7-2-1-3-8-19/h1-5,7-11,13,15,17,23,27H,6,12,14,16,18H2. The van der Waals surface area contributed by atoms with Crippen LogP contribution in [-0.4, -0.2) is 31.8 Å². The molecule has 0 radical (unpaired) electrons. The van der Waals surface area contributed by atoms with Gasteiger partial charge in [0.2, 0.25) is 10.0 Å². The minimum Gasteiger partial charge on any atom is -0.335 e. The van der Waals surface area contributed by atoms with E-state index >= 15 is 0 Å². The number of amides is 1. The summed E-state index contributed by atoms with van der Waals surface area (Å²) >= 11 is 0. The molecule has 1 saturated heterocycles. The van der Waals surface area contributed by atoms with Crippen LogP contribution in [0.3, 0.4) is 0 Å². The van der Waals surface area contributed by atoms with Gasteiger partial charge in [0, 0.05) is 24.7 Å². The van der Waals surface area contributed by atoms with Gasteiger partial charge in [-0.15, -0.1) is 0 Å². The molecule has 0 aromatic heterocycles. The average molecular weight is 453 g/mol. The van der Waals surface area contributed by atoms with Crippen molar-refractivity contribution in [3.05, 3.63) is 101 Å². The van der Waals surface area contributed by atoms with Crippen LogP contribution in [0.5, 0.6) is 0 Å². The second kappa shape index (κ2) is 9.63. The van der Waals surface area contributed by atoms with Crippen LogP contribution in [0.4, 0.5) is 4.39 Å². The van der Waals surface area contributed by atoms with Crippen LogP contribution < -0.4 is 4.72 Å². The van der Waals surface area contributed by atoms with E-state index < -0.39 is 10.0 Å². The van der Waals surface area contributed by atoms with Crippen LogP contribution >= 0.6 is 0 Å². The van der Waals surface area contributed by atoms with E-state index in [4.69, 9.17) is 0 Å². The lowest BCUT2D eigenvalue weighted by Gasteiger charge is -2.25. The molecule has 0 saturated carbocycles. The Bertz CT molecular complexity index is 1200. The maximum atomic E-state index is 13.5. The van der Waals surface area contributed by atoms with Crippen LogP contribution in [0.2, 0.25) is 0 Å². The van der Waals surface area contributed by atoms with Crippen LogP contribution in [0.1, 0.15) is 34.3 Å². The zero-order chi connectivity index (χ0) is 22.6. The highest BCUT2D eigenvalue weighted by atomic mass is 32.2. The fraction of sp³-hybridized carbons (Fsp3) is 0.240. The molecule has 1 fully saturated rings. The third-order valence-corrected chi connectivity index (χ3v) is 7.10. The van der Waals surface area contributed by atoms with Crippen LogP contribution in [0.25, 0.3) is 0 Å². The monoisotopic (exact) mass is 452 g/mol. The first-order valence-electron chi connectivity index (χ1n) is 10.6. The highest BCUT2D eigenvalue weighted by Crippen LogP contribution is 2.24. The number of carbonyl (C=O) groups excluding carboxylic acids is 1. The van der Waals surface area contributed by atoms with Gasteiger partial charge < -0.3 is 4.90 Å². The molecule has 166 valence electrons. The number of nitrogens with one attached hydrogen (secondary N) is 1. The number of nitrogens with zero attached hydrogens (tertiary/aromatic N) is 1. The lowest BCUT2D eigenvalue weighted by atomic mass is 10.0. The molecule has 0 bridgehead atoms. The molecule has 32 heavy (non-hydrogen) atoms. The third-order valence-electron chi connectivity index (χ3n) is 5.70. The van der Waals surface area contributed by atoms with Gasteiger partial charge in [-0.05, 0) is 60.7 Å². The van der Waals surface area contributed by atoms with Crippen molar-refractivity contribution in [3.8, 4) is 0 Å². The Morgan fingerprint density at radius 2 is 1.72 bits per heavy atom. The molecular formula is C25H25FN2O3S. The molecule has 4 rings (SSSR count). The Balaban J connectivity index is 1.48. The van der Waals surface area contributed by atoms with Gasteiger partial charge in [-0.1, -0.05) is 48.5 Å². The van der Waals surface area contributed by atoms with Crippen molar-refractivity contribution < 1.29 is 17.6 Å². The lowest BCUT2D eigenvalue weighted by Crippen LogP contribution is -2.37. The molecule has 1 amide bonds. The van der Waals surface area contributed by atoms with Gasteiger partial charge in [-0.3, -0.25) is 4.79 Å². The number of likely N-dealkylation sites (tertiary alicyclic amines) is 1. The van der Waals surface area contributed by atoms with Crippen molar-refractivity contribution >= 4 is 15.9 Å². The van der Waals surface area contributed by atoms with Crippen LogP contribution in [0, 0.1) is 5.82 Å². The summed E-state index contributed by atoms with van der Waals surface area (Å²) in [7, 11) is -3.77. The number of sulfonamides is 1. The number of halogens is 1. The molecule has 1 aliphatic heterocycles. The fourth-order valence-corrected chi connectivity index (χ4v) is 5.13. The molecule has 3 aromatic carbocycles. The summed E-state index contributed by atoms with van der Waals surface area (Å²) in [5, 5.41) is 0. The molecule has 1 heterocycles. The molecule has 3 aromatic rings. The van der Waals surface area contributed by atoms with E-state index in [1.165, 1.54) is 24.3 Å². The first kappa shape index (κ1) is 22.2. The summed E-state index contributed by atoms with van der Waals surface area (Å²) in [5.74, 6) is -0.497. The topological polar surface area (TPSA) is 66.5 Å². The highest BCUT2D eigenvalue weighted by Gasteiger charge is 2.30. The van der Waals surface area contributed by atoms with Crippen molar-refractivity contribution in [1.82, 2.24) is 9.62 Å². The summed E-state index contributed by atoms with van der Waals surface area (Å²) in [4.78, 5) is 15.0. The van der Waals surface area contributed by atoms with Crippen molar-refractivity contribution in [2.24, 2.45) is 0 Å². The predicted molar refractivity (Wildman–Crippen MR) is 121 cm³/mol. The Kier molecular flexibility index (Phi) is 6.67. The molecule has 1 aliphatic rings. The van der Waals surface area contributed by atoms with Gasteiger partial charge in [0.25, 0.3) is 5.91 Å². The second-order valence-electron chi connectivity index (χ2n) is 7.97. The number of benzene rings is 3. The Morgan fingerprint density at radius 3 is 2.50 bits per heavy atom. The van der Waals surface area contributed by atoms with Gasteiger partial charge in [-0.25, -0.2) is 17.5 Å². The van der Waals surface area contributed by atoms with E-state index in [1.54, 1.807) is 23.1 Å². The summed E-state index contributed by atoms with van der Waals surface area (Å²) in [6.45, 7) is 0.769. The smallest absolute Gasteiger partial charge is 0.254 e. The minimum atomic E-state index is -3.77. The minimum absolute atomic E-state index is 0.0410. The van der Waals surface area contributed by atoms with Gasteiger partial charge in [-0.2, -0.15) is 0 Å².